The number of aryl methyl sites for hydroxylation is 1. The van der Waals surface area contributed by atoms with Gasteiger partial charge in [0.15, 0.2) is 0 Å². The number of phenolic OH excluding ortho intramolecular Hbond substituents is 1. The van der Waals surface area contributed by atoms with Crippen LogP contribution in [0.4, 0.5) is 0 Å². The SMILES string of the molecule is Cc1cnc(CCN[C@@H](C)c2cccc(O)c2)s1. The van der Waals surface area contributed by atoms with E-state index >= 15 is 0 Å². The molecule has 0 radical (unpaired) electrons. The van der Waals surface area contributed by atoms with Crippen LogP contribution in [0.1, 0.15) is 28.4 Å². The summed E-state index contributed by atoms with van der Waals surface area (Å²) < 4.78 is 0. The fourth-order valence-electron chi connectivity index (χ4n) is 1.82. The molecule has 3 nitrogen and oxygen atoms in total. The molecule has 1 heterocycles. The fraction of sp³-hybridized carbons (Fsp3) is 0.357. The standard InChI is InChI=1S/C14H18N2OS/c1-10-9-16-14(18-10)6-7-15-11(2)12-4-3-5-13(17)8-12/h3-5,8-9,11,15,17H,6-7H2,1-2H3/t11-/m0/s1. The van der Waals surface area contributed by atoms with E-state index in [0.29, 0.717) is 5.75 Å². The number of phenols is 1. The van der Waals surface area contributed by atoms with E-state index in [1.165, 1.54) is 9.88 Å². The highest BCUT2D eigenvalue weighted by Crippen LogP contribution is 2.18. The average Bonchev–Trinajstić information content (AvgIpc) is 2.75. The molecular weight excluding hydrogens is 244 g/mol. The van der Waals surface area contributed by atoms with Crippen molar-refractivity contribution in [3.63, 3.8) is 0 Å². The van der Waals surface area contributed by atoms with Crippen molar-refractivity contribution in [1.29, 1.82) is 0 Å². The van der Waals surface area contributed by atoms with Gasteiger partial charge in [0.05, 0.1) is 5.01 Å². The Balaban J connectivity index is 1.83. The molecular formula is C14H18N2OS. The number of hydrogen-bond donors (Lipinski definition) is 2. The molecule has 1 aromatic heterocycles. The van der Waals surface area contributed by atoms with Gasteiger partial charge < -0.3 is 10.4 Å². The summed E-state index contributed by atoms with van der Waals surface area (Å²) >= 11 is 1.75. The van der Waals surface area contributed by atoms with Crippen molar-refractivity contribution >= 4 is 11.3 Å². The van der Waals surface area contributed by atoms with E-state index in [1.807, 2.05) is 18.3 Å². The Bertz CT molecular complexity index is 510. The first kappa shape index (κ1) is 13.1. The first-order valence-corrected chi connectivity index (χ1v) is 6.90. The molecule has 1 aromatic carbocycles. The molecule has 96 valence electrons. The van der Waals surface area contributed by atoms with Gasteiger partial charge in [-0.3, -0.25) is 0 Å². The second-order valence-electron chi connectivity index (χ2n) is 4.39. The molecule has 4 heteroatoms. The zero-order valence-corrected chi connectivity index (χ0v) is 11.5. The van der Waals surface area contributed by atoms with Gasteiger partial charge in [-0.1, -0.05) is 12.1 Å². The Morgan fingerprint density at radius 1 is 1.44 bits per heavy atom. The molecule has 0 spiro atoms. The Kier molecular flexibility index (Phi) is 4.33. The fourth-order valence-corrected chi connectivity index (χ4v) is 2.61. The third-order valence-corrected chi connectivity index (χ3v) is 3.80. The molecule has 0 aliphatic heterocycles. The maximum atomic E-state index is 9.43. The second-order valence-corrected chi connectivity index (χ2v) is 5.70. The molecule has 0 saturated carbocycles. The number of hydrogen-bond acceptors (Lipinski definition) is 4. The lowest BCUT2D eigenvalue weighted by atomic mass is 10.1. The maximum Gasteiger partial charge on any atom is 0.115 e. The van der Waals surface area contributed by atoms with Crippen LogP contribution in [0, 0.1) is 6.92 Å². The monoisotopic (exact) mass is 262 g/mol. The van der Waals surface area contributed by atoms with E-state index in [9.17, 15) is 5.11 Å². The van der Waals surface area contributed by atoms with Crippen LogP contribution >= 0.6 is 11.3 Å². The minimum atomic E-state index is 0.234. The zero-order valence-electron chi connectivity index (χ0n) is 10.7. The molecule has 0 aliphatic carbocycles. The van der Waals surface area contributed by atoms with Crippen LogP contribution in [0.3, 0.4) is 0 Å². The van der Waals surface area contributed by atoms with Crippen molar-refractivity contribution in [1.82, 2.24) is 10.3 Å². The summed E-state index contributed by atoms with van der Waals surface area (Å²) in [6.45, 7) is 5.07. The number of aromatic nitrogens is 1. The van der Waals surface area contributed by atoms with Crippen LogP contribution < -0.4 is 5.32 Å². The van der Waals surface area contributed by atoms with Gasteiger partial charge >= 0.3 is 0 Å². The summed E-state index contributed by atoms with van der Waals surface area (Å²) in [6, 6.07) is 7.61. The molecule has 0 fully saturated rings. The Morgan fingerprint density at radius 3 is 2.94 bits per heavy atom. The molecule has 0 amide bonds. The largest absolute Gasteiger partial charge is 0.508 e. The highest BCUT2D eigenvalue weighted by molar-refractivity contribution is 7.11. The molecule has 18 heavy (non-hydrogen) atoms. The Labute approximate surface area is 112 Å². The molecule has 2 N–H and O–H groups in total. The summed E-state index contributed by atoms with van der Waals surface area (Å²) in [6.07, 6.45) is 2.86. The van der Waals surface area contributed by atoms with Gasteiger partial charge in [-0.2, -0.15) is 0 Å². The summed E-state index contributed by atoms with van der Waals surface area (Å²) in [4.78, 5) is 5.59. The summed E-state index contributed by atoms with van der Waals surface area (Å²) in [5, 5.41) is 14.0. The van der Waals surface area contributed by atoms with Gasteiger partial charge in [0.25, 0.3) is 0 Å². The molecule has 0 aliphatic rings. The zero-order chi connectivity index (χ0) is 13.0. The van der Waals surface area contributed by atoms with Crippen molar-refractivity contribution < 1.29 is 5.11 Å². The van der Waals surface area contributed by atoms with E-state index < -0.39 is 0 Å². The molecule has 0 unspecified atom stereocenters. The van der Waals surface area contributed by atoms with Crippen molar-refractivity contribution in [3.05, 3.63) is 45.9 Å². The highest BCUT2D eigenvalue weighted by Gasteiger charge is 2.05. The van der Waals surface area contributed by atoms with Gasteiger partial charge in [0.2, 0.25) is 0 Å². The maximum absolute atomic E-state index is 9.43. The molecule has 1 atom stereocenters. The predicted octanol–water partition coefficient (Wildman–Crippen LogP) is 3.05. The van der Waals surface area contributed by atoms with Crippen LogP contribution in [0.25, 0.3) is 0 Å². The number of thiazole rings is 1. The van der Waals surface area contributed by atoms with Gasteiger partial charge in [-0.05, 0) is 31.5 Å². The van der Waals surface area contributed by atoms with Crippen LogP contribution in [0.5, 0.6) is 5.75 Å². The van der Waals surface area contributed by atoms with E-state index in [0.717, 1.165) is 18.5 Å². The second kappa shape index (κ2) is 5.98. The molecule has 2 aromatic rings. The van der Waals surface area contributed by atoms with Crippen LogP contribution in [-0.2, 0) is 6.42 Å². The number of nitrogens with zero attached hydrogens (tertiary/aromatic N) is 1. The predicted molar refractivity (Wildman–Crippen MR) is 75.1 cm³/mol. The average molecular weight is 262 g/mol. The lowest BCUT2D eigenvalue weighted by Crippen LogP contribution is -2.21. The number of nitrogens with one attached hydrogen (secondary N) is 1. The summed E-state index contributed by atoms with van der Waals surface area (Å²) in [7, 11) is 0. The van der Waals surface area contributed by atoms with Gasteiger partial charge in [0.1, 0.15) is 5.75 Å². The minimum absolute atomic E-state index is 0.234. The van der Waals surface area contributed by atoms with E-state index in [2.05, 4.69) is 24.1 Å². The smallest absolute Gasteiger partial charge is 0.115 e. The van der Waals surface area contributed by atoms with Crippen LogP contribution in [0.2, 0.25) is 0 Å². The summed E-state index contributed by atoms with van der Waals surface area (Å²) in [5.41, 5.74) is 1.10. The molecule has 0 bridgehead atoms. The first-order valence-electron chi connectivity index (χ1n) is 6.09. The molecule has 2 rings (SSSR count). The lowest BCUT2D eigenvalue weighted by molar-refractivity contribution is 0.472. The van der Waals surface area contributed by atoms with Crippen molar-refractivity contribution in [2.45, 2.75) is 26.3 Å². The lowest BCUT2D eigenvalue weighted by Gasteiger charge is -2.13. The van der Waals surface area contributed by atoms with Crippen LogP contribution in [-0.4, -0.2) is 16.6 Å². The number of benzene rings is 1. The van der Waals surface area contributed by atoms with Crippen molar-refractivity contribution in [2.24, 2.45) is 0 Å². The third kappa shape index (κ3) is 3.55. The van der Waals surface area contributed by atoms with E-state index in [1.54, 1.807) is 23.5 Å². The van der Waals surface area contributed by atoms with Crippen molar-refractivity contribution in [3.8, 4) is 5.75 Å². The van der Waals surface area contributed by atoms with E-state index in [-0.39, 0.29) is 6.04 Å². The van der Waals surface area contributed by atoms with Crippen LogP contribution in [0.15, 0.2) is 30.5 Å². The topological polar surface area (TPSA) is 45.2 Å². The van der Waals surface area contributed by atoms with Gasteiger partial charge in [-0.15, -0.1) is 11.3 Å². The Morgan fingerprint density at radius 2 is 2.28 bits per heavy atom. The third-order valence-electron chi connectivity index (χ3n) is 2.83. The molecule has 0 saturated heterocycles. The number of aromatic hydroxyl groups is 1. The first-order chi connectivity index (χ1) is 8.65. The number of rotatable bonds is 5. The van der Waals surface area contributed by atoms with Gasteiger partial charge in [0, 0.05) is 30.1 Å². The minimum Gasteiger partial charge on any atom is -0.508 e. The summed E-state index contributed by atoms with van der Waals surface area (Å²) in [5.74, 6) is 0.316. The highest BCUT2D eigenvalue weighted by atomic mass is 32.1. The quantitative estimate of drug-likeness (QED) is 0.870. The van der Waals surface area contributed by atoms with E-state index in [4.69, 9.17) is 0 Å². The Hall–Kier alpha value is -1.39. The normalized spacial score (nSPS) is 12.6. The van der Waals surface area contributed by atoms with Crippen molar-refractivity contribution in [2.75, 3.05) is 6.54 Å². The van der Waals surface area contributed by atoms with Gasteiger partial charge in [-0.25, -0.2) is 4.98 Å².